The Kier molecular flexibility index (Phi) is 5.57. The minimum Gasteiger partial charge on any atom is -0.337 e. The van der Waals surface area contributed by atoms with E-state index in [2.05, 4.69) is 17.2 Å². The summed E-state index contributed by atoms with van der Waals surface area (Å²) < 4.78 is 0. The van der Waals surface area contributed by atoms with Crippen LogP contribution in [0.1, 0.15) is 46.2 Å². The number of aromatic nitrogens is 1. The Balaban J connectivity index is 1.75. The Labute approximate surface area is 158 Å². The van der Waals surface area contributed by atoms with Gasteiger partial charge in [0.1, 0.15) is 5.69 Å². The Morgan fingerprint density at radius 1 is 1.23 bits per heavy atom. The molecule has 0 atom stereocenters. The van der Waals surface area contributed by atoms with Crippen LogP contribution < -0.4 is 5.32 Å². The number of halogens is 1. The van der Waals surface area contributed by atoms with Crippen LogP contribution in [0, 0.1) is 12.8 Å². The maximum absolute atomic E-state index is 12.7. The molecule has 0 radical (unpaired) electrons. The molecular formula is C20H22ClN3O2. The molecule has 1 aliphatic heterocycles. The molecule has 6 heteroatoms. The lowest BCUT2D eigenvalue weighted by Gasteiger charge is -2.30. The van der Waals surface area contributed by atoms with E-state index in [4.69, 9.17) is 11.6 Å². The van der Waals surface area contributed by atoms with Crippen molar-refractivity contribution in [1.82, 2.24) is 9.88 Å². The lowest BCUT2D eigenvalue weighted by atomic mass is 9.99. The van der Waals surface area contributed by atoms with Crippen LogP contribution in [0.4, 0.5) is 5.69 Å². The third-order valence-electron chi connectivity index (χ3n) is 4.83. The number of nitrogens with zero attached hydrogens (tertiary/aromatic N) is 2. The second-order valence-electron chi connectivity index (χ2n) is 6.77. The molecule has 0 saturated carbocycles. The van der Waals surface area contributed by atoms with E-state index in [0.29, 0.717) is 27.9 Å². The molecule has 1 fully saturated rings. The highest BCUT2D eigenvalue weighted by molar-refractivity contribution is 6.31. The molecule has 0 spiro atoms. The Bertz CT molecular complexity index is 830. The van der Waals surface area contributed by atoms with Crippen LogP contribution in [-0.2, 0) is 0 Å². The molecule has 26 heavy (non-hydrogen) atoms. The van der Waals surface area contributed by atoms with E-state index in [9.17, 15) is 9.59 Å². The van der Waals surface area contributed by atoms with Crippen molar-refractivity contribution in [3.63, 3.8) is 0 Å². The Hall–Kier alpha value is -2.40. The van der Waals surface area contributed by atoms with Gasteiger partial charge in [-0.1, -0.05) is 24.6 Å². The van der Waals surface area contributed by atoms with Gasteiger partial charge in [-0.2, -0.15) is 0 Å². The van der Waals surface area contributed by atoms with Gasteiger partial charge in [-0.05, 0) is 55.5 Å². The number of rotatable bonds is 3. The number of hydrogen-bond acceptors (Lipinski definition) is 3. The third kappa shape index (κ3) is 4.05. The number of pyridine rings is 1. The first kappa shape index (κ1) is 18.4. The topological polar surface area (TPSA) is 62.3 Å². The quantitative estimate of drug-likeness (QED) is 0.880. The number of anilines is 1. The SMILES string of the molecule is Cc1c(Cl)cccc1NC(=O)c1ccnc(C(=O)N2CCC(C)CC2)c1. The maximum atomic E-state index is 12.7. The van der Waals surface area contributed by atoms with E-state index in [0.717, 1.165) is 31.5 Å². The normalized spacial score (nSPS) is 15.0. The molecule has 1 saturated heterocycles. The summed E-state index contributed by atoms with van der Waals surface area (Å²) >= 11 is 6.09. The number of benzene rings is 1. The zero-order chi connectivity index (χ0) is 18.7. The van der Waals surface area contributed by atoms with Gasteiger partial charge in [-0.25, -0.2) is 0 Å². The highest BCUT2D eigenvalue weighted by Gasteiger charge is 2.23. The number of carbonyl (C=O) groups is 2. The highest BCUT2D eigenvalue weighted by atomic mass is 35.5. The van der Waals surface area contributed by atoms with Gasteiger partial charge in [-0.15, -0.1) is 0 Å². The lowest BCUT2D eigenvalue weighted by molar-refractivity contribution is 0.0691. The molecule has 1 N–H and O–H groups in total. The second kappa shape index (κ2) is 7.87. The average molecular weight is 372 g/mol. The maximum Gasteiger partial charge on any atom is 0.272 e. The van der Waals surface area contributed by atoms with Crippen molar-refractivity contribution in [2.75, 3.05) is 18.4 Å². The van der Waals surface area contributed by atoms with Gasteiger partial charge < -0.3 is 10.2 Å². The lowest BCUT2D eigenvalue weighted by Crippen LogP contribution is -2.38. The smallest absolute Gasteiger partial charge is 0.272 e. The largest absolute Gasteiger partial charge is 0.337 e. The number of nitrogens with one attached hydrogen (secondary N) is 1. The third-order valence-corrected chi connectivity index (χ3v) is 5.24. The van der Waals surface area contributed by atoms with Gasteiger partial charge in [0.25, 0.3) is 11.8 Å². The van der Waals surface area contributed by atoms with Crippen LogP contribution in [0.15, 0.2) is 36.5 Å². The molecule has 0 aliphatic carbocycles. The van der Waals surface area contributed by atoms with Crippen molar-refractivity contribution in [3.05, 3.63) is 58.4 Å². The fraction of sp³-hybridized carbons (Fsp3) is 0.350. The van der Waals surface area contributed by atoms with Crippen LogP contribution >= 0.6 is 11.6 Å². The van der Waals surface area contributed by atoms with Crippen molar-refractivity contribution < 1.29 is 9.59 Å². The van der Waals surface area contributed by atoms with Crippen molar-refractivity contribution in [1.29, 1.82) is 0 Å². The van der Waals surface area contributed by atoms with Crippen LogP contribution in [-0.4, -0.2) is 34.8 Å². The number of hydrogen-bond donors (Lipinski definition) is 1. The summed E-state index contributed by atoms with van der Waals surface area (Å²) in [5.74, 6) is 0.231. The molecular weight excluding hydrogens is 350 g/mol. The van der Waals surface area contributed by atoms with Gasteiger partial charge in [0, 0.05) is 35.6 Å². The zero-order valence-corrected chi connectivity index (χ0v) is 15.7. The summed E-state index contributed by atoms with van der Waals surface area (Å²) in [5.41, 5.74) is 2.15. The van der Waals surface area contributed by atoms with Crippen LogP contribution in [0.25, 0.3) is 0 Å². The minimum atomic E-state index is -0.293. The number of piperidine rings is 1. The zero-order valence-electron chi connectivity index (χ0n) is 15.0. The first-order valence-corrected chi connectivity index (χ1v) is 9.15. The summed E-state index contributed by atoms with van der Waals surface area (Å²) in [5, 5.41) is 3.43. The molecule has 1 aliphatic rings. The summed E-state index contributed by atoms with van der Waals surface area (Å²) in [6, 6.07) is 8.50. The van der Waals surface area contributed by atoms with Gasteiger partial charge in [0.15, 0.2) is 0 Å². The fourth-order valence-electron chi connectivity index (χ4n) is 3.00. The average Bonchev–Trinajstić information content (AvgIpc) is 2.65. The molecule has 0 bridgehead atoms. The number of amides is 2. The van der Waals surface area contributed by atoms with Crippen LogP contribution in [0.3, 0.4) is 0 Å². The van der Waals surface area contributed by atoms with E-state index in [1.807, 2.05) is 11.8 Å². The molecule has 2 heterocycles. The molecule has 1 aromatic heterocycles. The predicted octanol–water partition coefficient (Wildman–Crippen LogP) is 4.17. The summed E-state index contributed by atoms with van der Waals surface area (Å²) in [6.07, 6.45) is 3.50. The Morgan fingerprint density at radius 2 is 1.96 bits per heavy atom. The summed E-state index contributed by atoms with van der Waals surface area (Å²) in [7, 11) is 0. The molecule has 3 rings (SSSR count). The van der Waals surface area contributed by atoms with Gasteiger partial charge in [0.2, 0.25) is 0 Å². The first-order valence-electron chi connectivity index (χ1n) is 8.77. The van der Waals surface area contributed by atoms with Crippen LogP contribution in [0.2, 0.25) is 5.02 Å². The molecule has 136 valence electrons. The van der Waals surface area contributed by atoms with Crippen molar-refractivity contribution >= 4 is 29.1 Å². The molecule has 2 aromatic rings. The van der Waals surface area contributed by atoms with Crippen molar-refractivity contribution in [2.24, 2.45) is 5.92 Å². The predicted molar refractivity (Wildman–Crippen MR) is 103 cm³/mol. The van der Waals surface area contributed by atoms with Gasteiger partial charge in [0.05, 0.1) is 0 Å². The van der Waals surface area contributed by atoms with Gasteiger partial charge >= 0.3 is 0 Å². The van der Waals surface area contributed by atoms with Crippen molar-refractivity contribution in [3.8, 4) is 0 Å². The first-order chi connectivity index (χ1) is 12.5. The fourth-order valence-corrected chi connectivity index (χ4v) is 3.17. The summed E-state index contributed by atoms with van der Waals surface area (Å²) in [4.78, 5) is 31.2. The number of carbonyl (C=O) groups excluding carboxylic acids is 2. The molecule has 0 unspecified atom stereocenters. The second-order valence-corrected chi connectivity index (χ2v) is 7.18. The monoisotopic (exact) mass is 371 g/mol. The van der Waals surface area contributed by atoms with E-state index in [1.165, 1.54) is 6.20 Å². The summed E-state index contributed by atoms with van der Waals surface area (Å²) in [6.45, 7) is 5.51. The van der Waals surface area contributed by atoms with Crippen molar-refractivity contribution in [2.45, 2.75) is 26.7 Å². The van der Waals surface area contributed by atoms with E-state index in [-0.39, 0.29) is 11.8 Å². The van der Waals surface area contributed by atoms with Crippen LogP contribution in [0.5, 0.6) is 0 Å². The molecule has 5 nitrogen and oxygen atoms in total. The van der Waals surface area contributed by atoms with E-state index in [1.54, 1.807) is 30.3 Å². The molecule has 2 amide bonds. The number of likely N-dealkylation sites (tertiary alicyclic amines) is 1. The molecule has 1 aromatic carbocycles. The minimum absolute atomic E-state index is 0.120. The van der Waals surface area contributed by atoms with E-state index >= 15 is 0 Å². The van der Waals surface area contributed by atoms with E-state index < -0.39 is 0 Å². The van der Waals surface area contributed by atoms with Gasteiger partial charge in [-0.3, -0.25) is 14.6 Å². The Morgan fingerprint density at radius 3 is 2.69 bits per heavy atom. The standard InChI is InChI=1S/C20H22ClN3O2/c1-13-7-10-24(11-8-13)20(26)18-12-15(6-9-22-18)19(25)23-17-5-3-4-16(21)14(17)2/h3-6,9,12-13H,7-8,10-11H2,1-2H3,(H,23,25). The highest BCUT2D eigenvalue weighted by Crippen LogP contribution is 2.23.